The van der Waals surface area contributed by atoms with Crippen LogP contribution in [0.3, 0.4) is 0 Å². The summed E-state index contributed by atoms with van der Waals surface area (Å²) in [4.78, 5) is 0. The Hall–Kier alpha value is 0.314. The van der Waals surface area contributed by atoms with Gasteiger partial charge in [-0.25, -0.2) is 0 Å². The van der Waals surface area contributed by atoms with Crippen molar-refractivity contribution in [2.75, 3.05) is 21.3 Å². The van der Waals surface area contributed by atoms with Gasteiger partial charge in [0.1, 0.15) is 10.5 Å². The zero-order chi connectivity index (χ0) is 10.0. The van der Waals surface area contributed by atoms with E-state index >= 15 is 0 Å². The molecule has 0 aliphatic carbocycles. The molecule has 0 saturated carbocycles. The van der Waals surface area contributed by atoms with Gasteiger partial charge in [0, 0.05) is 21.3 Å². The summed E-state index contributed by atoms with van der Waals surface area (Å²) in [5.41, 5.74) is 0. The summed E-state index contributed by atoms with van der Waals surface area (Å²) in [5.74, 6) is 0. The summed E-state index contributed by atoms with van der Waals surface area (Å²) in [6.45, 7) is 4.22. The van der Waals surface area contributed by atoms with Crippen molar-refractivity contribution >= 4 is 19.0 Å². The summed E-state index contributed by atoms with van der Waals surface area (Å²) in [5, 5.41) is 0. The SMILES string of the molecule is CCC[Si](C)(OC)OC.CO[SiH3]. The lowest BCUT2D eigenvalue weighted by atomic mass is 10.6. The first-order valence-corrected chi connectivity index (χ1v) is 7.44. The van der Waals surface area contributed by atoms with Crippen LogP contribution in [-0.4, -0.2) is 40.4 Å². The van der Waals surface area contributed by atoms with Crippen LogP contribution in [0.15, 0.2) is 0 Å². The van der Waals surface area contributed by atoms with Crippen LogP contribution in [0.4, 0.5) is 0 Å². The highest BCUT2D eigenvalue weighted by atomic mass is 28.4. The van der Waals surface area contributed by atoms with Gasteiger partial charge in [0.25, 0.3) is 0 Å². The monoisotopic (exact) mass is 210 g/mol. The molecule has 12 heavy (non-hydrogen) atoms. The van der Waals surface area contributed by atoms with Crippen LogP contribution in [0, 0.1) is 0 Å². The lowest BCUT2D eigenvalue weighted by Gasteiger charge is -2.21. The molecular formula is C7H22O3Si2. The molecule has 0 aromatic carbocycles. The fraction of sp³-hybridized carbons (Fsp3) is 1.00. The standard InChI is InChI=1S/C6H16O2Si.CH6OSi/c1-5-6-9(4,7-2)8-3;1-2-3/h5-6H2,1-4H3;1,3H3. The molecule has 76 valence electrons. The molecule has 0 rings (SSSR count). The second-order valence-corrected chi connectivity index (χ2v) is 7.10. The van der Waals surface area contributed by atoms with Gasteiger partial charge in [-0.2, -0.15) is 0 Å². The van der Waals surface area contributed by atoms with E-state index in [1.807, 2.05) is 0 Å². The minimum atomic E-state index is -1.70. The van der Waals surface area contributed by atoms with Gasteiger partial charge in [-0.1, -0.05) is 13.3 Å². The van der Waals surface area contributed by atoms with E-state index in [9.17, 15) is 0 Å². The lowest BCUT2D eigenvalue weighted by Crippen LogP contribution is -2.35. The highest BCUT2D eigenvalue weighted by Gasteiger charge is 2.26. The zero-order valence-corrected chi connectivity index (χ0v) is 12.1. The summed E-state index contributed by atoms with van der Waals surface area (Å²) in [7, 11) is 4.31. The molecule has 0 fully saturated rings. The van der Waals surface area contributed by atoms with E-state index < -0.39 is 8.56 Å². The van der Waals surface area contributed by atoms with Gasteiger partial charge in [-0.05, 0) is 12.6 Å². The van der Waals surface area contributed by atoms with Crippen molar-refractivity contribution in [2.45, 2.75) is 25.9 Å². The summed E-state index contributed by atoms with van der Waals surface area (Å²) in [6, 6.07) is 1.08. The quantitative estimate of drug-likeness (QED) is 0.639. The van der Waals surface area contributed by atoms with E-state index in [0.29, 0.717) is 0 Å². The summed E-state index contributed by atoms with van der Waals surface area (Å²) >= 11 is 0. The third-order valence-electron chi connectivity index (χ3n) is 1.57. The van der Waals surface area contributed by atoms with E-state index in [1.165, 1.54) is 0 Å². The molecule has 0 radical (unpaired) electrons. The third-order valence-corrected chi connectivity index (χ3v) is 4.70. The molecule has 0 aliphatic heterocycles. The lowest BCUT2D eigenvalue weighted by molar-refractivity contribution is 0.249. The van der Waals surface area contributed by atoms with E-state index in [2.05, 4.69) is 17.9 Å². The Labute approximate surface area is 80.2 Å². The van der Waals surface area contributed by atoms with Crippen LogP contribution < -0.4 is 0 Å². The average Bonchev–Trinajstić information content (AvgIpc) is 2.06. The van der Waals surface area contributed by atoms with Crippen molar-refractivity contribution in [1.29, 1.82) is 0 Å². The second-order valence-electron chi connectivity index (χ2n) is 2.70. The van der Waals surface area contributed by atoms with Gasteiger partial charge in [0.2, 0.25) is 0 Å². The fourth-order valence-electron chi connectivity index (χ4n) is 0.742. The molecule has 0 bridgehead atoms. The van der Waals surface area contributed by atoms with Crippen LogP contribution >= 0.6 is 0 Å². The normalized spacial score (nSPS) is 10.8. The molecule has 0 atom stereocenters. The van der Waals surface area contributed by atoms with Crippen LogP contribution in [0.2, 0.25) is 12.6 Å². The van der Waals surface area contributed by atoms with E-state index in [1.54, 1.807) is 21.3 Å². The smallest absolute Gasteiger partial charge is 0.334 e. The Balaban J connectivity index is 0. The fourth-order valence-corrected chi connectivity index (χ4v) is 2.22. The predicted octanol–water partition coefficient (Wildman–Crippen LogP) is 0.674. The Bertz CT molecular complexity index is 86.7. The van der Waals surface area contributed by atoms with Crippen molar-refractivity contribution in [1.82, 2.24) is 0 Å². The van der Waals surface area contributed by atoms with Gasteiger partial charge in [-0.3, -0.25) is 0 Å². The van der Waals surface area contributed by atoms with E-state index in [4.69, 9.17) is 8.85 Å². The number of hydrogen-bond donors (Lipinski definition) is 0. The van der Waals surface area contributed by atoms with Crippen molar-refractivity contribution in [2.24, 2.45) is 0 Å². The van der Waals surface area contributed by atoms with Crippen molar-refractivity contribution < 1.29 is 13.3 Å². The van der Waals surface area contributed by atoms with E-state index in [0.717, 1.165) is 23.0 Å². The molecule has 0 saturated heterocycles. The van der Waals surface area contributed by atoms with Gasteiger partial charge in [0.05, 0.1) is 0 Å². The maximum atomic E-state index is 5.24. The Morgan fingerprint density at radius 3 is 1.58 bits per heavy atom. The molecule has 5 heteroatoms. The highest BCUT2D eigenvalue weighted by molar-refractivity contribution is 6.65. The first-order chi connectivity index (χ1) is 5.60. The molecule has 0 aromatic rings. The molecule has 0 unspecified atom stereocenters. The minimum absolute atomic E-state index is 0.869. The van der Waals surface area contributed by atoms with Crippen LogP contribution in [0.25, 0.3) is 0 Å². The first-order valence-electron chi connectivity index (χ1n) is 4.10. The molecule has 0 spiro atoms. The van der Waals surface area contributed by atoms with Crippen molar-refractivity contribution in [3.63, 3.8) is 0 Å². The van der Waals surface area contributed by atoms with E-state index in [-0.39, 0.29) is 0 Å². The summed E-state index contributed by atoms with van der Waals surface area (Å²) < 4.78 is 14.9. The second kappa shape index (κ2) is 9.40. The highest BCUT2D eigenvalue weighted by Crippen LogP contribution is 2.12. The van der Waals surface area contributed by atoms with Gasteiger partial charge in [-0.15, -0.1) is 0 Å². The minimum Gasteiger partial charge on any atom is -0.431 e. The van der Waals surface area contributed by atoms with Crippen molar-refractivity contribution in [3.8, 4) is 0 Å². The molecule has 0 amide bonds. The molecule has 0 heterocycles. The van der Waals surface area contributed by atoms with Crippen molar-refractivity contribution in [3.05, 3.63) is 0 Å². The third kappa shape index (κ3) is 8.41. The maximum absolute atomic E-state index is 5.24. The number of rotatable bonds is 4. The number of hydrogen-bond acceptors (Lipinski definition) is 3. The molecular weight excluding hydrogens is 188 g/mol. The maximum Gasteiger partial charge on any atom is 0.334 e. The Morgan fingerprint density at radius 1 is 1.17 bits per heavy atom. The van der Waals surface area contributed by atoms with Crippen LogP contribution in [-0.2, 0) is 13.3 Å². The molecule has 0 N–H and O–H groups in total. The van der Waals surface area contributed by atoms with Crippen LogP contribution in [0.1, 0.15) is 13.3 Å². The largest absolute Gasteiger partial charge is 0.431 e. The van der Waals surface area contributed by atoms with Crippen LogP contribution in [0.5, 0.6) is 0 Å². The molecule has 0 aliphatic rings. The Morgan fingerprint density at radius 2 is 1.50 bits per heavy atom. The average molecular weight is 210 g/mol. The van der Waals surface area contributed by atoms with Gasteiger partial charge >= 0.3 is 8.56 Å². The first kappa shape index (κ1) is 14.8. The molecule has 0 aromatic heterocycles. The predicted molar refractivity (Wildman–Crippen MR) is 57.7 cm³/mol. The topological polar surface area (TPSA) is 27.7 Å². The Kier molecular flexibility index (Phi) is 11.6. The van der Waals surface area contributed by atoms with Gasteiger partial charge < -0.3 is 13.3 Å². The summed E-state index contributed by atoms with van der Waals surface area (Å²) in [6.07, 6.45) is 1.14. The van der Waals surface area contributed by atoms with Gasteiger partial charge in [0.15, 0.2) is 0 Å². The zero-order valence-electron chi connectivity index (χ0n) is 9.14. The molecule has 3 nitrogen and oxygen atoms in total.